The van der Waals surface area contributed by atoms with Gasteiger partial charge in [-0.05, 0) is 24.8 Å². The first-order chi connectivity index (χ1) is 6.79. The molecular formula is C13H16O. The van der Waals surface area contributed by atoms with Crippen LogP contribution in [0.5, 0.6) is 0 Å². The molecular weight excluding hydrogens is 172 g/mol. The number of rotatable bonds is 2. The van der Waals surface area contributed by atoms with E-state index in [1.54, 1.807) is 0 Å². The van der Waals surface area contributed by atoms with E-state index in [-0.39, 0.29) is 0 Å². The highest BCUT2D eigenvalue weighted by atomic mass is 16.3. The fraction of sp³-hybridized carbons (Fsp3) is 0.385. The molecule has 0 amide bonds. The molecule has 0 radical (unpaired) electrons. The van der Waals surface area contributed by atoms with Crippen molar-refractivity contribution in [3.63, 3.8) is 0 Å². The smallest absolute Gasteiger partial charge is 0.0867 e. The molecule has 74 valence electrons. The Kier molecular flexibility index (Phi) is 2.69. The molecule has 2 rings (SSSR count). The van der Waals surface area contributed by atoms with E-state index in [1.165, 1.54) is 5.56 Å². The van der Waals surface area contributed by atoms with Gasteiger partial charge in [0.05, 0.1) is 5.60 Å². The van der Waals surface area contributed by atoms with Crippen LogP contribution < -0.4 is 0 Å². The van der Waals surface area contributed by atoms with Crippen molar-refractivity contribution in [3.05, 3.63) is 48.0 Å². The third-order valence-corrected chi connectivity index (χ3v) is 2.76. The molecule has 0 heterocycles. The quantitative estimate of drug-likeness (QED) is 0.707. The lowest BCUT2D eigenvalue weighted by Crippen LogP contribution is -2.30. The molecule has 0 aliphatic heterocycles. The van der Waals surface area contributed by atoms with E-state index in [4.69, 9.17) is 0 Å². The molecule has 0 spiro atoms. The van der Waals surface area contributed by atoms with E-state index >= 15 is 0 Å². The number of hydrogen-bond acceptors (Lipinski definition) is 1. The number of hydrogen-bond donors (Lipinski definition) is 1. The summed E-state index contributed by atoms with van der Waals surface area (Å²) in [5.74, 6) is 0. The molecule has 1 nitrogen and oxygen atoms in total. The van der Waals surface area contributed by atoms with E-state index in [1.807, 2.05) is 24.3 Å². The van der Waals surface area contributed by atoms with Crippen LogP contribution in [0, 0.1) is 0 Å². The summed E-state index contributed by atoms with van der Waals surface area (Å²) >= 11 is 0. The average Bonchev–Trinajstić information content (AvgIpc) is 2.19. The first kappa shape index (κ1) is 9.47. The second kappa shape index (κ2) is 3.97. The van der Waals surface area contributed by atoms with Gasteiger partial charge < -0.3 is 5.11 Å². The Morgan fingerprint density at radius 2 is 2.00 bits per heavy atom. The Balaban J connectivity index is 2.10. The molecule has 0 bridgehead atoms. The summed E-state index contributed by atoms with van der Waals surface area (Å²) in [6, 6.07) is 10.2. The van der Waals surface area contributed by atoms with Crippen molar-refractivity contribution in [2.75, 3.05) is 0 Å². The van der Waals surface area contributed by atoms with Gasteiger partial charge in [-0.25, -0.2) is 0 Å². The molecule has 1 aromatic rings. The minimum Gasteiger partial charge on any atom is -0.385 e. The van der Waals surface area contributed by atoms with Crippen LogP contribution >= 0.6 is 0 Å². The van der Waals surface area contributed by atoms with Crippen molar-refractivity contribution in [2.24, 2.45) is 0 Å². The van der Waals surface area contributed by atoms with E-state index < -0.39 is 5.60 Å². The third kappa shape index (κ3) is 2.24. The van der Waals surface area contributed by atoms with Gasteiger partial charge in [0.15, 0.2) is 0 Å². The van der Waals surface area contributed by atoms with Gasteiger partial charge in [0.25, 0.3) is 0 Å². The summed E-state index contributed by atoms with van der Waals surface area (Å²) in [4.78, 5) is 0. The van der Waals surface area contributed by atoms with Gasteiger partial charge in [0.2, 0.25) is 0 Å². The fourth-order valence-electron chi connectivity index (χ4n) is 2.01. The molecule has 0 aromatic heterocycles. The molecule has 1 aliphatic rings. The predicted octanol–water partition coefficient (Wildman–Crippen LogP) is 2.70. The molecule has 14 heavy (non-hydrogen) atoms. The first-order valence-electron chi connectivity index (χ1n) is 5.23. The van der Waals surface area contributed by atoms with Gasteiger partial charge in [0, 0.05) is 6.42 Å². The van der Waals surface area contributed by atoms with Gasteiger partial charge >= 0.3 is 0 Å². The molecule has 1 aromatic carbocycles. The number of allylic oxidation sites excluding steroid dienone is 1. The normalized spacial score (nSPS) is 26.4. The van der Waals surface area contributed by atoms with Crippen LogP contribution in [0.25, 0.3) is 0 Å². The SMILES string of the molecule is OC1(Cc2ccccc2)C=CCCC1. The largest absolute Gasteiger partial charge is 0.385 e. The Bertz CT molecular complexity index is 315. The van der Waals surface area contributed by atoms with Crippen molar-refractivity contribution in [1.29, 1.82) is 0 Å². The lowest BCUT2D eigenvalue weighted by molar-refractivity contribution is 0.0751. The zero-order valence-corrected chi connectivity index (χ0v) is 8.32. The lowest BCUT2D eigenvalue weighted by atomic mass is 9.85. The Labute approximate surface area is 85.1 Å². The van der Waals surface area contributed by atoms with Gasteiger partial charge in [-0.1, -0.05) is 42.5 Å². The van der Waals surface area contributed by atoms with Crippen molar-refractivity contribution < 1.29 is 5.11 Å². The van der Waals surface area contributed by atoms with Crippen LogP contribution in [-0.2, 0) is 6.42 Å². The van der Waals surface area contributed by atoms with Crippen LogP contribution in [0.1, 0.15) is 24.8 Å². The second-order valence-electron chi connectivity index (χ2n) is 4.06. The molecule has 0 saturated heterocycles. The Morgan fingerprint density at radius 1 is 1.21 bits per heavy atom. The second-order valence-corrected chi connectivity index (χ2v) is 4.06. The van der Waals surface area contributed by atoms with Gasteiger partial charge in [-0.2, -0.15) is 0 Å². The molecule has 1 heteroatoms. The zero-order valence-electron chi connectivity index (χ0n) is 8.32. The van der Waals surface area contributed by atoms with Gasteiger partial charge in [0.1, 0.15) is 0 Å². The summed E-state index contributed by atoms with van der Waals surface area (Å²) in [5, 5.41) is 10.2. The van der Waals surface area contributed by atoms with Crippen LogP contribution in [0.2, 0.25) is 0 Å². The van der Waals surface area contributed by atoms with Gasteiger partial charge in [-0.15, -0.1) is 0 Å². The maximum atomic E-state index is 10.2. The van der Waals surface area contributed by atoms with Crippen LogP contribution in [0.4, 0.5) is 0 Å². The fourth-order valence-corrected chi connectivity index (χ4v) is 2.01. The van der Waals surface area contributed by atoms with E-state index in [9.17, 15) is 5.11 Å². The summed E-state index contributed by atoms with van der Waals surface area (Å²) in [7, 11) is 0. The lowest BCUT2D eigenvalue weighted by Gasteiger charge is -2.27. The Hall–Kier alpha value is -1.08. The van der Waals surface area contributed by atoms with Crippen molar-refractivity contribution in [2.45, 2.75) is 31.3 Å². The van der Waals surface area contributed by atoms with Crippen molar-refractivity contribution in [3.8, 4) is 0 Å². The van der Waals surface area contributed by atoms with Gasteiger partial charge in [-0.3, -0.25) is 0 Å². The highest BCUT2D eigenvalue weighted by molar-refractivity contribution is 5.20. The molecule has 0 fully saturated rings. The minimum atomic E-state index is -0.598. The Morgan fingerprint density at radius 3 is 2.64 bits per heavy atom. The highest BCUT2D eigenvalue weighted by Crippen LogP contribution is 2.25. The maximum Gasteiger partial charge on any atom is 0.0867 e. The molecule has 1 atom stereocenters. The van der Waals surface area contributed by atoms with Crippen molar-refractivity contribution in [1.82, 2.24) is 0 Å². The van der Waals surface area contributed by atoms with E-state index in [0.717, 1.165) is 25.7 Å². The zero-order chi connectivity index (χ0) is 9.86. The topological polar surface area (TPSA) is 20.2 Å². The summed E-state index contributed by atoms with van der Waals surface area (Å²) in [6.07, 6.45) is 7.88. The van der Waals surface area contributed by atoms with Crippen molar-refractivity contribution >= 4 is 0 Å². The minimum absolute atomic E-state index is 0.598. The van der Waals surface area contributed by atoms with Crippen LogP contribution in [-0.4, -0.2) is 10.7 Å². The van der Waals surface area contributed by atoms with Crippen LogP contribution in [0.15, 0.2) is 42.5 Å². The first-order valence-corrected chi connectivity index (χ1v) is 5.23. The summed E-state index contributed by atoms with van der Waals surface area (Å²) in [5.41, 5.74) is 0.612. The monoisotopic (exact) mass is 188 g/mol. The highest BCUT2D eigenvalue weighted by Gasteiger charge is 2.25. The molecule has 1 N–H and O–H groups in total. The average molecular weight is 188 g/mol. The summed E-state index contributed by atoms with van der Waals surface area (Å²) in [6.45, 7) is 0. The maximum absolute atomic E-state index is 10.2. The predicted molar refractivity (Wildman–Crippen MR) is 58.1 cm³/mol. The number of aliphatic hydroxyl groups is 1. The third-order valence-electron chi connectivity index (χ3n) is 2.76. The molecule has 0 saturated carbocycles. The molecule has 1 unspecified atom stereocenters. The van der Waals surface area contributed by atoms with E-state index in [2.05, 4.69) is 18.2 Å². The van der Waals surface area contributed by atoms with E-state index in [0.29, 0.717) is 0 Å². The molecule has 1 aliphatic carbocycles. The van der Waals surface area contributed by atoms with Crippen LogP contribution in [0.3, 0.4) is 0 Å². The standard InChI is InChI=1S/C13H16O/c14-13(9-5-2-6-10-13)11-12-7-3-1-4-8-12/h1,3-5,7-9,14H,2,6,10-11H2. The summed E-state index contributed by atoms with van der Waals surface area (Å²) < 4.78 is 0. The number of benzene rings is 1.